The molecule has 20 heavy (non-hydrogen) atoms. The number of piperidine rings is 1. The van der Waals surface area contributed by atoms with Crippen LogP contribution in [0.2, 0.25) is 5.28 Å². The van der Waals surface area contributed by atoms with Crippen LogP contribution in [0.3, 0.4) is 0 Å². The normalized spacial score (nSPS) is 15.7. The summed E-state index contributed by atoms with van der Waals surface area (Å²) in [6, 6.07) is 0. The minimum Gasteiger partial charge on any atom is -0.377 e. The first kappa shape index (κ1) is 15.3. The van der Waals surface area contributed by atoms with E-state index in [9.17, 15) is 0 Å². The number of nitrogens with zero attached hydrogens (tertiary/aromatic N) is 4. The van der Waals surface area contributed by atoms with Gasteiger partial charge in [-0.05, 0) is 44.7 Å². The zero-order chi connectivity index (χ0) is 14.4. The van der Waals surface area contributed by atoms with Crippen molar-refractivity contribution in [3.63, 3.8) is 0 Å². The number of halogens is 1. The number of ether oxygens (including phenoxy) is 1. The van der Waals surface area contributed by atoms with E-state index in [1.165, 1.54) is 19.3 Å². The summed E-state index contributed by atoms with van der Waals surface area (Å²) in [4.78, 5) is 14.9. The molecule has 1 saturated heterocycles. The van der Waals surface area contributed by atoms with Crippen molar-refractivity contribution in [3.05, 3.63) is 5.28 Å². The molecule has 0 bridgehead atoms. The van der Waals surface area contributed by atoms with Crippen LogP contribution in [0, 0.1) is 0 Å². The molecule has 0 unspecified atom stereocenters. The Hall–Kier alpha value is -1.14. The molecule has 6 nitrogen and oxygen atoms in total. The summed E-state index contributed by atoms with van der Waals surface area (Å²) in [5.41, 5.74) is 0. The first-order valence-corrected chi connectivity index (χ1v) is 7.55. The molecule has 0 amide bonds. The monoisotopic (exact) mass is 299 g/mol. The molecule has 1 aliphatic rings. The molecule has 0 aliphatic carbocycles. The topological polar surface area (TPSA) is 63.2 Å². The Morgan fingerprint density at radius 1 is 1.20 bits per heavy atom. The van der Waals surface area contributed by atoms with E-state index in [0.29, 0.717) is 25.0 Å². The van der Waals surface area contributed by atoms with Gasteiger partial charge in [0.05, 0.1) is 12.7 Å². The lowest BCUT2D eigenvalue weighted by molar-refractivity contribution is 0.0870. The predicted molar refractivity (Wildman–Crippen MR) is 80.5 cm³/mol. The van der Waals surface area contributed by atoms with E-state index < -0.39 is 0 Å². The van der Waals surface area contributed by atoms with Gasteiger partial charge in [0.15, 0.2) is 0 Å². The van der Waals surface area contributed by atoms with Crippen molar-refractivity contribution in [2.24, 2.45) is 0 Å². The standard InChI is InChI=1S/C13H22ClN5O/c1-10(2)20-9-6-15-12-16-11(14)17-13(18-12)19-7-4-3-5-8-19/h10H,3-9H2,1-2H3,(H,15,16,17,18). The second-order valence-electron chi connectivity index (χ2n) is 5.12. The summed E-state index contributed by atoms with van der Waals surface area (Å²) in [6.45, 7) is 7.24. The van der Waals surface area contributed by atoms with Crippen LogP contribution in [-0.4, -0.2) is 47.3 Å². The van der Waals surface area contributed by atoms with Gasteiger partial charge < -0.3 is 15.0 Å². The fraction of sp³-hybridized carbons (Fsp3) is 0.769. The Morgan fingerprint density at radius 3 is 2.65 bits per heavy atom. The zero-order valence-electron chi connectivity index (χ0n) is 12.1. The minimum atomic E-state index is 0.225. The summed E-state index contributed by atoms with van der Waals surface area (Å²) < 4.78 is 5.46. The van der Waals surface area contributed by atoms with Gasteiger partial charge in [0.2, 0.25) is 17.2 Å². The van der Waals surface area contributed by atoms with Crippen LogP contribution in [0.25, 0.3) is 0 Å². The van der Waals surface area contributed by atoms with E-state index in [2.05, 4.69) is 25.2 Å². The summed E-state index contributed by atoms with van der Waals surface area (Å²) >= 11 is 5.97. The van der Waals surface area contributed by atoms with Crippen LogP contribution in [0.4, 0.5) is 11.9 Å². The Labute approximate surface area is 124 Å². The molecule has 0 atom stereocenters. The summed E-state index contributed by atoms with van der Waals surface area (Å²) in [5.74, 6) is 1.18. The van der Waals surface area contributed by atoms with Gasteiger partial charge in [-0.15, -0.1) is 0 Å². The lowest BCUT2D eigenvalue weighted by Crippen LogP contribution is -2.31. The fourth-order valence-electron chi connectivity index (χ4n) is 2.11. The van der Waals surface area contributed by atoms with Crippen molar-refractivity contribution in [2.75, 3.05) is 36.5 Å². The molecule has 2 rings (SSSR count). The lowest BCUT2D eigenvalue weighted by Gasteiger charge is -2.26. The van der Waals surface area contributed by atoms with Crippen molar-refractivity contribution in [1.82, 2.24) is 15.0 Å². The highest BCUT2D eigenvalue weighted by Crippen LogP contribution is 2.18. The smallest absolute Gasteiger partial charge is 0.231 e. The van der Waals surface area contributed by atoms with Gasteiger partial charge in [-0.3, -0.25) is 0 Å². The second kappa shape index (κ2) is 7.59. The third-order valence-electron chi connectivity index (χ3n) is 3.07. The molecule has 7 heteroatoms. The van der Waals surface area contributed by atoms with Gasteiger partial charge >= 0.3 is 0 Å². The first-order chi connectivity index (χ1) is 9.65. The van der Waals surface area contributed by atoms with Gasteiger partial charge in [0, 0.05) is 19.6 Å². The molecule has 0 aromatic carbocycles. The molecule has 1 N–H and O–H groups in total. The van der Waals surface area contributed by atoms with Crippen LogP contribution in [0.15, 0.2) is 0 Å². The lowest BCUT2D eigenvalue weighted by atomic mass is 10.1. The molecule has 1 aromatic rings. The first-order valence-electron chi connectivity index (χ1n) is 7.17. The van der Waals surface area contributed by atoms with E-state index in [0.717, 1.165) is 13.1 Å². The van der Waals surface area contributed by atoms with Crippen LogP contribution in [0.5, 0.6) is 0 Å². The molecule has 1 fully saturated rings. The molecule has 2 heterocycles. The van der Waals surface area contributed by atoms with E-state index >= 15 is 0 Å². The number of anilines is 2. The van der Waals surface area contributed by atoms with E-state index in [1.807, 2.05) is 13.8 Å². The Bertz CT molecular complexity index is 423. The van der Waals surface area contributed by atoms with Crippen LogP contribution in [0.1, 0.15) is 33.1 Å². The third kappa shape index (κ3) is 4.76. The molecule has 1 aromatic heterocycles. The minimum absolute atomic E-state index is 0.225. The summed E-state index contributed by atoms with van der Waals surface area (Å²) in [7, 11) is 0. The molecule has 0 saturated carbocycles. The number of nitrogens with one attached hydrogen (secondary N) is 1. The maximum atomic E-state index is 5.97. The SMILES string of the molecule is CC(C)OCCNc1nc(Cl)nc(N2CCCCC2)n1. The highest BCUT2D eigenvalue weighted by molar-refractivity contribution is 6.28. The van der Waals surface area contributed by atoms with Crippen molar-refractivity contribution in [3.8, 4) is 0 Å². The number of aromatic nitrogens is 3. The average molecular weight is 300 g/mol. The molecular weight excluding hydrogens is 278 g/mol. The van der Waals surface area contributed by atoms with Crippen LogP contribution in [-0.2, 0) is 4.74 Å². The fourth-order valence-corrected chi connectivity index (χ4v) is 2.27. The Morgan fingerprint density at radius 2 is 1.95 bits per heavy atom. The van der Waals surface area contributed by atoms with E-state index in [4.69, 9.17) is 16.3 Å². The number of rotatable bonds is 6. The van der Waals surface area contributed by atoms with Gasteiger partial charge in [-0.1, -0.05) is 0 Å². The summed E-state index contributed by atoms with van der Waals surface area (Å²) in [5, 5.41) is 3.35. The predicted octanol–water partition coefficient (Wildman–Crippen LogP) is 2.35. The zero-order valence-corrected chi connectivity index (χ0v) is 12.9. The Kier molecular flexibility index (Phi) is 5.79. The highest BCUT2D eigenvalue weighted by atomic mass is 35.5. The van der Waals surface area contributed by atoms with E-state index in [1.54, 1.807) is 0 Å². The molecule has 0 spiro atoms. The maximum Gasteiger partial charge on any atom is 0.231 e. The van der Waals surface area contributed by atoms with Crippen molar-refractivity contribution in [2.45, 2.75) is 39.2 Å². The van der Waals surface area contributed by atoms with Crippen molar-refractivity contribution in [1.29, 1.82) is 0 Å². The van der Waals surface area contributed by atoms with Gasteiger partial charge in [-0.2, -0.15) is 15.0 Å². The van der Waals surface area contributed by atoms with Crippen molar-refractivity contribution >= 4 is 23.5 Å². The van der Waals surface area contributed by atoms with Gasteiger partial charge in [-0.25, -0.2) is 0 Å². The van der Waals surface area contributed by atoms with E-state index in [-0.39, 0.29) is 11.4 Å². The largest absolute Gasteiger partial charge is 0.377 e. The quantitative estimate of drug-likeness (QED) is 0.814. The average Bonchev–Trinajstić information content (AvgIpc) is 2.44. The van der Waals surface area contributed by atoms with Crippen LogP contribution >= 0.6 is 11.6 Å². The number of hydrogen-bond acceptors (Lipinski definition) is 6. The highest BCUT2D eigenvalue weighted by Gasteiger charge is 2.15. The molecule has 112 valence electrons. The second-order valence-corrected chi connectivity index (χ2v) is 5.46. The van der Waals surface area contributed by atoms with Crippen LogP contribution < -0.4 is 10.2 Å². The molecule has 0 radical (unpaired) electrons. The van der Waals surface area contributed by atoms with Crippen molar-refractivity contribution < 1.29 is 4.74 Å². The van der Waals surface area contributed by atoms with Gasteiger partial charge in [0.1, 0.15) is 0 Å². The molecule has 1 aliphatic heterocycles. The Balaban J connectivity index is 1.93. The number of hydrogen-bond donors (Lipinski definition) is 1. The molecular formula is C13H22ClN5O. The van der Waals surface area contributed by atoms with Gasteiger partial charge in [0.25, 0.3) is 0 Å². The third-order valence-corrected chi connectivity index (χ3v) is 3.24. The maximum absolute atomic E-state index is 5.97. The summed E-state index contributed by atoms with van der Waals surface area (Å²) in [6.07, 6.45) is 3.85.